The van der Waals surface area contributed by atoms with Crippen molar-refractivity contribution in [2.45, 2.75) is 38.0 Å². The van der Waals surface area contributed by atoms with Gasteiger partial charge in [0.15, 0.2) is 0 Å². The van der Waals surface area contributed by atoms with Crippen molar-refractivity contribution >= 4 is 44.7 Å². The summed E-state index contributed by atoms with van der Waals surface area (Å²) >= 11 is 4.96. The predicted molar refractivity (Wildman–Crippen MR) is 104 cm³/mol. The molecule has 4 rings (SSSR count). The van der Waals surface area contributed by atoms with E-state index >= 15 is 0 Å². The fourth-order valence-electron chi connectivity index (χ4n) is 2.52. The zero-order chi connectivity index (χ0) is 17.6. The van der Waals surface area contributed by atoms with Gasteiger partial charge >= 0.3 is 0 Å². The van der Waals surface area contributed by atoms with Crippen LogP contribution in [0.4, 0.5) is 0 Å². The Morgan fingerprint density at radius 3 is 2.76 bits per heavy atom. The lowest BCUT2D eigenvalue weighted by molar-refractivity contribution is 0.381. The van der Waals surface area contributed by atoms with E-state index in [-0.39, 0.29) is 5.25 Å². The number of fused-ring (bicyclic) bond motifs is 1. The number of aryl methyl sites for hydroxylation is 3. The number of thiophene rings is 2. The van der Waals surface area contributed by atoms with Crippen molar-refractivity contribution < 1.29 is 4.52 Å². The maximum Gasteiger partial charge on any atom is 0.240 e. The molecule has 0 aliphatic carbocycles. The summed E-state index contributed by atoms with van der Waals surface area (Å²) in [7, 11) is 0. The van der Waals surface area contributed by atoms with Crippen LogP contribution in [0.2, 0.25) is 0 Å². The van der Waals surface area contributed by atoms with E-state index in [0.717, 1.165) is 25.9 Å². The van der Waals surface area contributed by atoms with Crippen LogP contribution in [0.5, 0.6) is 0 Å². The number of hydrogen-bond acceptors (Lipinski definition) is 8. The summed E-state index contributed by atoms with van der Waals surface area (Å²) in [6.45, 7) is 8.25. The van der Waals surface area contributed by atoms with E-state index in [1.54, 1.807) is 34.4 Å². The topological polar surface area (TPSA) is 64.7 Å². The molecule has 4 heterocycles. The largest absolute Gasteiger partial charge is 0.338 e. The second-order valence-electron chi connectivity index (χ2n) is 5.73. The molecule has 0 aromatic carbocycles. The van der Waals surface area contributed by atoms with E-state index in [1.807, 2.05) is 24.4 Å². The van der Waals surface area contributed by atoms with Crippen LogP contribution in [0.15, 0.2) is 27.1 Å². The van der Waals surface area contributed by atoms with Crippen molar-refractivity contribution in [2.24, 2.45) is 0 Å². The highest BCUT2D eigenvalue weighted by molar-refractivity contribution is 7.99. The third kappa shape index (κ3) is 3.09. The monoisotopic (exact) mass is 388 g/mol. The maximum atomic E-state index is 5.48. The van der Waals surface area contributed by atoms with Gasteiger partial charge < -0.3 is 4.52 Å². The Balaban J connectivity index is 1.67. The average molecular weight is 389 g/mol. The van der Waals surface area contributed by atoms with Crippen molar-refractivity contribution in [1.29, 1.82) is 0 Å². The van der Waals surface area contributed by atoms with Crippen LogP contribution in [0, 0.1) is 20.8 Å². The normalized spacial score (nSPS) is 12.8. The highest BCUT2D eigenvalue weighted by Crippen LogP contribution is 2.41. The zero-order valence-electron chi connectivity index (χ0n) is 14.2. The van der Waals surface area contributed by atoms with Gasteiger partial charge in [0.1, 0.15) is 15.7 Å². The highest BCUT2D eigenvalue weighted by Gasteiger charge is 2.21. The first-order valence-electron chi connectivity index (χ1n) is 7.81. The first-order valence-corrected chi connectivity index (χ1v) is 10.4. The molecular formula is C17H16N4OS3. The molecule has 8 heteroatoms. The fraction of sp³-hybridized carbons (Fsp3) is 0.294. The summed E-state index contributed by atoms with van der Waals surface area (Å²) in [6, 6.07) is 3.97. The molecule has 0 N–H and O–H groups in total. The SMILES string of the molecule is Cc1nc(S[C@H](C)c2nc(-c3cccs3)no2)c2c(C)c(C)sc2n1. The number of aromatic nitrogens is 4. The molecule has 5 nitrogen and oxygen atoms in total. The van der Waals surface area contributed by atoms with Gasteiger partial charge in [-0.05, 0) is 44.7 Å². The molecular weight excluding hydrogens is 372 g/mol. The van der Waals surface area contributed by atoms with E-state index in [0.29, 0.717) is 11.7 Å². The lowest BCUT2D eigenvalue weighted by Crippen LogP contribution is -1.95. The third-order valence-corrected chi connectivity index (χ3v) is 6.97. The van der Waals surface area contributed by atoms with Gasteiger partial charge in [-0.2, -0.15) is 4.98 Å². The first kappa shape index (κ1) is 16.7. The first-order chi connectivity index (χ1) is 12.0. The van der Waals surface area contributed by atoms with E-state index < -0.39 is 0 Å². The smallest absolute Gasteiger partial charge is 0.240 e. The van der Waals surface area contributed by atoms with E-state index in [4.69, 9.17) is 4.52 Å². The van der Waals surface area contributed by atoms with Gasteiger partial charge in [0.25, 0.3) is 0 Å². The molecule has 0 saturated heterocycles. The molecule has 4 aromatic rings. The lowest BCUT2D eigenvalue weighted by Gasteiger charge is -2.08. The molecule has 0 spiro atoms. The molecule has 0 saturated carbocycles. The molecule has 0 aliphatic rings. The lowest BCUT2D eigenvalue weighted by atomic mass is 10.2. The summed E-state index contributed by atoms with van der Waals surface area (Å²) < 4.78 is 5.48. The average Bonchev–Trinajstić information content (AvgIpc) is 3.28. The Bertz CT molecular complexity index is 1040. The second kappa shape index (κ2) is 6.51. The Morgan fingerprint density at radius 1 is 1.16 bits per heavy atom. The fourth-order valence-corrected chi connectivity index (χ4v) is 5.40. The van der Waals surface area contributed by atoms with Crippen LogP contribution in [0.1, 0.15) is 34.3 Å². The van der Waals surface area contributed by atoms with Gasteiger partial charge in [0.2, 0.25) is 11.7 Å². The van der Waals surface area contributed by atoms with Gasteiger partial charge in [-0.25, -0.2) is 9.97 Å². The van der Waals surface area contributed by atoms with Crippen molar-refractivity contribution in [2.75, 3.05) is 0 Å². The van der Waals surface area contributed by atoms with Gasteiger partial charge in [0, 0.05) is 10.3 Å². The minimum absolute atomic E-state index is 0.0123. The molecule has 0 amide bonds. The predicted octanol–water partition coefficient (Wildman–Crippen LogP) is 5.58. The van der Waals surface area contributed by atoms with Gasteiger partial charge in [-0.15, -0.1) is 22.7 Å². The summed E-state index contributed by atoms with van der Waals surface area (Å²) in [6.07, 6.45) is 0. The molecule has 0 radical (unpaired) electrons. The third-order valence-electron chi connectivity index (χ3n) is 3.93. The van der Waals surface area contributed by atoms with Crippen molar-refractivity contribution in [3.8, 4) is 10.7 Å². The van der Waals surface area contributed by atoms with Crippen molar-refractivity contribution in [1.82, 2.24) is 20.1 Å². The Kier molecular flexibility index (Phi) is 4.35. The Labute approximate surface area is 157 Å². The number of thioether (sulfide) groups is 1. The van der Waals surface area contributed by atoms with Gasteiger partial charge in [-0.3, -0.25) is 0 Å². The second-order valence-corrected chi connectivity index (χ2v) is 9.21. The van der Waals surface area contributed by atoms with Crippen molar-refractivity contribution in [3.63, 3.8) is 0 Å². The summed E-state index contributed by atoms with van der Waals surface area (Å²) in [4.78, 5) is 17.1. The van der Waals surface area contributed by atoms with Crippen molar-refractivity contribution in [3.05, 3.63) is 39.7 Å². The molecule has 1 atom stereocenters. The van der Waals surface area contributed by atoms with E-state index in [9.17, 15) is 0 Å². The summed E-state index contributed by atoms with van der Waals surface area (Å²) in [5.41, 5.74) is 1.25. The van der Waals surface area contributed by atoms with Crippen LogP contribution >= 0.6 is 34.4 Å². The van der Waals surface area contributed by atoms with Gasteiger partial charge in [-0.1, -0.05) is 23.0 Å². The minimum atomic E-state index is 0.0123. The highest BCUT2D eigenvalue weighted by atomic mass is 32.2. The standard InChI is InChI=1S/C17H16N4OS3/c1-8-9(2)24-16-13(8)17(19-11(4)18-16)25-10(3)15-20-14(21-22-15)12-6-5-7-23-12/h5-7,10H,1-4H3/t10-/m1/s1. The number of hydrogen-bond donors (Lipinski definition) is 0. The molecule has 25 heavy (non-hydrogen) atoms. The molecule has 4 aromatic heterocycles. The zero-order valence-corrected chi connectivity index (χ0v) is 16.7. The van der Waals surface area contributed by atoms with Crippen LogP contribution in [-0.2, 0) is 0 Å². The van der Waals surface area contributed by atoms with Crippen LogP contribution in [0.3, 0.4) is 0 Å². The van der Waals surface area contributed by atoms with Crippen LogP contribution < -0.4 is 0 Å². The van der Waals surface area contributed by atoms with E-state index in [2.05, 4.69) is 40.9 Å². The number of nitrogens with zero attached hydrogens (tertiary/aromatic N) is 4. The molecule has 0 bridgehead atoms. The Morgan fingerprint density at radius 2 is 2.00 bits per heavy atom. The minimum Gasteiger partial charge on any atom is -0.338 e. The van der Waals surface area contributed by atoms with Gasteiger partial charge in [0.05, 0.1) is 10.1 Å². The van der Waals surface area contributed by atoms with Crippen LogP contribution in [-0.4, -0.2) is 20.1 Å². The summed E-state index contributed by atoms with van der Waals surface area (Å²) in [5.74, 6) is 2.04. The molecule has 128 valence electrons. The molecule has 0 aliphatic heterocycles. The molecule has 0 unspecified atom stereocenters. The quantitative estimate of drug-likeness (QED) is 0.336. The number of rotatable bonds is 4. The van der Waals surface area contributed by atoms with Crippen LogP contribution in [0.25, 0.3) is 20.9 Å². The van der Waals surface area contributed by atoms with E-state index in [1.165, 1.54) is 10.4 Å². The maximum absolute atomic E-state index is 5.48. The Hall–Kier alpha value is -1.77. The summed E-state index contributed by atoms with van der Waals surface area (Å²) in [5, 5.41) is 8.24. The molecule has 0 fully saturated rings.